The van der Waals surface area contributed by atoms with Crippen molar-refractivity contribution in [1.82, 2.24) is 15.5 Å². The van der Waals surface area contributed by atoms with Gasteiger partial charge in [0, 0.05) is 39.3 Å². The second-order valence-electron chi connectivity index (χ2n) is 9.14. The molecule has 198 valence electrons. The first-order valence-electron chi connectivity index (χ1n) is 13.6. The van der Waals surface area contributed by atoms with Crippen molar-refractivity contribution in [3.05, 3.63) is 48.6 Å². The Morgan fingerprint density at radius 1 is 0.647 bits per heavy atom. The van der Waals surface area contributed by atoms with E-state index < -0.39 is 0 Å². The minimum Gasteiger partial charge on any atom is -0.392 e. The third kappa shape index (κ3) is 25.4. The normalized spacial score (nSPS) is 14.5. The molecule has 5 nitrogen and oxygen atoms in total. The van der Waals surface area contributed by atoms with Gasteiger partial charge in [0.15, 0.2) is 0 Å². The Bertz CT molecular complexity index is 485. The minimum atomic E-state index is -0.255. The van der Waals surface area contributed by atoms with Gasteiger partial charge in [-0.2, -0.15) is 0 Å². The van der Waals surface area contributed by atoms with E-state index in [0.717, 1.165) is 90.4 Å². The Hall–Kier alpha value is -1.24. The van der Waals surface area contributed by atoms with Crippen molar-refractivity contribution in [2.24, 2.45) is 0 Å². The molecule has 0 aromatic heterocycles. The fourth-order valence-corrected chi connectivity index (χ4v) is 3.53. The van der Waals surface area contributed by atoms with Gasteiger partial charge in [0.05, 0.1) is 12.2 Å². The molecule has 0 aliphatic rings. The number of hydrogen-bond donors (Lipinski definition) is 4. The number of nitrogens with one attached hydrogen (secondary N) is 2. The van der Waals surface area contributed by atoms with Gasteiger partial charge < -0.3 is 25.7 Å². The lowest BCUT2D eigenvalue weighted by atomic mass is 10.1. The third-order valence-electron chi connectivity index (χ3n) is 5.77. The number of nitrogens with zero attached hydrogens (tertiary/aromatic N) is 1. The zero-order valence-electron chi connectivity index (χ0n) is 22.4. The highest BCUT2D eigenvalue weighted by Crippen LogP contribution is 2.05. The van der Waals surface area contributed by atoms with Gasteiger partial charge in [-0.25, -0.2) is 0 Å². The molecule has 34 heavy (non-hydrogen) atoms. The molecule has 0 aromatic rings. The minimum absolute atomic E-state index is 0.255. The second kappa shape index (κ2) is 26.4. The van der Waals surface area contributed by atoms with E-state index in [-0.39, 0.29) is 12.2 Å². The average molecular weight is 478 g/mol. The molecule has 0 aromatic carbocycles. The molecule has 0 aliphatic carbocycles. The SMILES string of the molecule is C/C=C\C/C=C\CCCCC(O)CNCCN(C)CCNCC(O)CCCC/C=C\C/C=C\C. The van der Waals surface area contributed by atoms with Crippen molar-refractivity contribution in [3.63, 3.8) is 0 Å². The summed E-state index contributed by atoms with van der Waals surface area (Å²) in [5.41, 5.74) is 0. The highest BCUT2D eigenvalue weighted by atomic mass is 16.3. The third-order valence-corrected chi connectivity index (χ3v) is 5.77. The van der Waals surface area contributed by atoms with Crippen LogP contribution in [0.1, 0.15) is 78.1 Å². The predicted octanol–water partition coefficient (Wildman–Crippen LogP) is 4.98. The zero-order valence-corrected chi connectivity index (χ0v) is 22.4. The summed E-state index contributed by atoms with van der Waals surface area (Å²) < 4.78 is 0. The van der Waals surface area contributed by atoms with Crippen molar-refractivity contribution in [2.75, 3.05) is 46.3 Å². The standard InChI is InChI=1S/C29H55N3O2/c1-4-6-8-10-12-14-16-18-20-28(33)26-30-22-24-32(3)25-23-31-27-29(34)21-19-17-15-13-11-9-7-5-2/h4-7,10-13,28-31,33-34H,8-9,14-27H2,1-3H3/b6-4-,7-5-,12-10-,13-11-. The van der Waals surface area contributed by atoms with Crippen LogP contribution in [0.4, 0.5) is 0 Å². The first kappa shape index (κ1) is 32.8. The highest BCUT2D eigenvalue weighted by Gasteiger charge is 2.05. The maximum Gasteiger partial charge on any atom is 0.0664 e. The molecule has 0 saturated carbocycles. The van der Waals surface area contributed by atoms with Crippen molar-refractivity contribution in [1.29, 1.82) is 0 Å². The fourth-order valence-electron chi connectivity index (χ4n) is 3.53. The highest BCUT2D eigenvalue weighted by molar-refractivity contribution is 4.91. The molecule has 0 fully saturated rings. The Labute approximate surface area is 211 Å². The number of hydrogen-bond acceptors (Lipinski definition) is 5. The summed E-state index contributed by atoms with van der Waals surface area (Å²) in [7, 11) is 2.11. The van der Waals surface area contributed by atoms with Crippen LogP contribution in [0.25, 0.3) is 0 Å². The molecule has 0 bridgehead atoms. The van der Waals surface area contributed by atoms with Crippen LogP contribution >= 0.6 is 0 Å². The van der Waals surface area contributed by atoms with E-state index in [1.807, 2.05) is 13.8 Å². The number of allylic oxidation sites excluding steroid dienone is 8. The number of aliphatic hydroxyl groups excluding tert-OH is 2. The molecule has 4 N–H and O–H groups in total. The molecule has 2 unspecified atom stereocenters. The molecule has 0 saturated heterocycles. The van der Waals surface area contributed by atoms with Crippen LogP contribution in [0.3, 0.4) is 0 Å². The summed E-state index contributed by atoms with van der Waals surface area (Å²) in [4.78, 5) is 2.28. The lowest BCUT2D eigenvalue weighted by molar-refractivity contribution is 0.155. The Kier molecular flexibility index (Phi) is 25.4. The molecular weight excluding hydrogens is 422 g/mol. The average Bonchev–Trinajstić information content (AvgIpc) is 2.83. The Balaban J connectivity index is 3.48. The predicted molar refractivity (Wildman–Crippen MR) is 149 cm³/mol. The second-order valence-corrected chi connectivity index (χ2v) is 9.14. The molecule has 5 heteroatoms. The summed E-state index contributed by atoms with van der Waals surface area (Å²) in [5, 5.41) is 26.9. The fraction of sp³-hybridized carbons (Fsp3) is 0.724. The van der Waals surface area contributed by atoms with Crippen molar-refractivity contribution >= 4 is 0 Å². The summed E-state index contributed by atoms with van der Waals surface area (Å²) in [6.45, 7) is 9.10. The van der Waals surface area contributed by atoms with E-state index in [1.54, 1.807) is 0 Å². The lowest BCUT2D eigenvalue weighted by Crippen LogP contribution is -2.38. The van der Waals surface area contributed by atoms with E-state index in [2.05, 4.69) is 71.2 Å². The number of rotatable bonds is 24. The van der Waals surface area contributed by atoms with Gasteiger partial charge in [0.1, 0.15) is 0 Å². The van der Waals surface area contributed by atoms with Crippen molar-refractivity contribution in [2.45, 2.75) is 90.3 Å². The van der Waals surface area contributed by atoms with Crippen LogP contribution in [0, 0.1) is 0 Å². The van der Waals surface area contributed by atoms with Crippen molar-refractivity contribution in [3.8, 4) is 0 Å². The van der Waals surface area contributed by atoms with E-state index in [1.165, 1.54) is 0 Å². The first-order valence-corrected chi connectivity index (χ1v) is 13.6. The molecule has 0 aliphatic heterocycles. The maximum atomic E-state index is 10.1. The van der Waals surface area contributed by atoms with Gasteiger partial charge in [0.25, 0.3) is 0 Å². The van der Waals surface area contributed by atoms with Crippen LogP contribution in [0.5, 0.6) is 0 Å². The maximum absolute atomic E-state index is 10.1. The molecule has 0 rings (SSSR count). The Morgan fingerprint density at radius 2 is 1.09 bits per heavy atom. The molecule has 0 heterocycles. The first-order chi connectivity index (χ1) is 16.6. The van der Waals surface area contributed by atoms with Gasteiger partial charge in [0.2, 0.25) is 0 Å². The topological polar surface area (TPSA) is 67.8 Å². The number of likely N-dealkylation sites (N-methyl/N-ethyl adjacent to an activating group) is 1. The summed E-state index contributed by atoms with van der Waals surface area (Å²) in [6, 6.07) is 0. The largest absolute Gasteiger partial charge is 0.392 e. The van der Waals surface area contributed by atoms with Gasteiger partial charge in [-0.1, -0.05) is 61.4 Å². The van der Waals surface area contributed by atoms with Gasteiger partial charge >= 0.3 is 0 Å². The number of unbranched alkanes of at least 4 members (excludes halogenated alkanes) is 4. The summed E-state index contributed by atoms with van der Waals surface area (Å²) >= 11 is 0. The summed E-state index contributed by atoms with van der Waals surface area (Å²) in [5.74, 6) is 0. The smallest absolute Gasteiger partial charge is 0.0664 e. The summed E-state index contributed by atoms with van der Waals surface area (Å²) in [6.07, 6.45) is 27.2. The van der Waals surface area contributed by atoms with Crippen LogP contribution in [-0.2, 0) is 0 Å². The molecule has 2 atom stereocenters. The Morgan fingerprint density at radius 3 is 1.50 bits per heavy atom. The lowest BCUT2D eigenvalue weighted by Gasteiger charge is -2.19. The van der Waals surface area contributed by atoms with E-state index >= 15 is 0 Å². The molecular formula is C29H55N3O2. The quantitative estimate of drug-likeness (QED) is 0.117. The van der Waals surface area contributed by atoms with E-state index in [4.69, 9.17) is 0 Å². The van der Waals surface area contributed by atoms with Crippen LogP contribution in [-0.4, -0.2) is 73.6 Å². The van der Waals surface area contributed by atoms with Crippen LogP contribution < -0.4 is 10.6 Å². The van der Waals surface area contributed by atoms with Gasteiger partial charge in [-0.3, -0.25) is 0 Å². The molecule has 0 amide bonds. The monoisotopic (exact) mass is 477 g/mol. The zero-order chi connectivity index (χ0) is 25.1. The van der Waals surface area contributed by atoms with Gasteiger partial charge in [-0.15, -0.1) is 0 Å². The molecule has 0 spiro atoms. The van der Waals surface area contributed by atoms with E-state index in [9.17, 15) is 10.2 Å². The number of aliphatic hydroxyl groups is 2. The van der Waals surface area contributed by atoms with E-state index in [0.29, 0.717) is 13.1 Å². The van der Waals surface area contributed by atoms with Crippen LogP contribution in [0.15, 0.2) is 48.6 Å². The van der Waals surface area contributed by atoms with Gasteiger partial charge in [-0.05, 0) is 72.3 Å². The van der Waals surface area contributed by atoms with Crippen LogP contribution in [0.2, 0.25) is 0 Å². The molecule has 0 radical (unpaired) electrons. The van der Waals surface area contributed by atoms with Crippen molar-refractivity contribution < 1.29 is 10.2 Å².